The second kappa shape index (κ2) is 7.99. The molecular weight excluding hydrogens is 391 g/mol. The fraction of sp³-hybridized carbons (Fsp3) is 0.0526. The third kappa shape index (κ3) is 4.12. The summed E-state index contributed by atoms with van der Waals surface area (Å²) in [4.78, 5) is 19.2. The summed E-state index contributed by atoms with van der Waals surface area (Å²) in [7, 11) is 0. The molecule has 1 saturated heterocycles. The number of phenolic OH excluding ortho intramolecular Hbond substituents is 1. The Morgan fingerprint density at radius 2 is 2.04 bits per heavy atom. The van der Waals surface area contributed by atoms with Gasteiger partial charge < -0.3 is 5.11 Å². The SMILES string of the molecule is C=CCN1C(=O)/C(=C/c2ccc(Cl)cc2Cl)SC1=Nc1cccc(O)c1. The van der Waals surface area contributed by atoms with Crippen molar-refractivity contribution in [2.45, 2.75) is 0 Å². The first-order valence-electron chi connectivity index (χ1n) is 7.63. The van der Waals surface area contributed by atoms with E-state index in [9.17, 15) is 9.90 Å². The Bertz CT molecular complexity index is 941. The first-order chi connectivity index (χ1) is 12.5. The molecule has 2 aromatic carbocycles. The van der Waals surface area contributed by atoms with E-state index in [-0.39, 0.29) is 11.7 Å². The molecule has 1 N–H and O–H groups in total. The van der Waals surface area contributed by atoms with Gasteiger partial charge in [-0.1, -0.05) is 41.4 Å². The molecule has 0 radical (unpaired) electrons. The van der Waals surface area contributed by atoms with Crippen LogP contribution in [0.4, 0.5) is 5.69 Å². The largest absolute Gasteiger partial charge is 0.508 e. The maximum Gasteiger partial charge on any atom is 0.267 e. The molecule has 1 heterocycles. The predicted molar refractivity (Wildman–Crippen MR) is 109 cm³/mol. The Labute approximate surface area is 165 Å². The highest BCUT2D eigenvalue weighted by Crippen LogP contribution is 2.35. The summed E-state index contributed by atoms with van der Waals surface area (Å²) < 4.78 is 0. The molecule has 26 heavy (non-hydrogen) atoms. The highest BCUT2D eigenvalue weighted by molar-refractivity contribution is 8.18. The molecule has 0 saturated carbocycles. The number of amidine groups is 1. The fourth-order valence-electron chi connectivity index (χ4n) is 2.31. The van der Waals surface area contributed by atoms with Crippen LogP contribution >= 0.6 is 35.0 Å². The number of carbonyl (C=O) groups excluding carboxylic acids is 1. The quantitative estimate of drug-likeness (QED) is 0.541. The summed E-state index contributed by atoms with van der Waals surface area (Å²) in [6.07, 6.45) is 3.35. The summed E-state index contributed by atoms with van der Waals surface area (Å²) in [5, 5.41) is 11.1. The van der Waals surface area contributed by atoms with Crippen LogP contribution in [0.2, 0.25) is 10.0 Å². The summed E-state index contributed by atoms with van der Waals surface area (Å²) >= 11 is 13.4. The molecule has 0 bridgehead atoms. The lowest BCUT2D eigenvalue weighted by Gasteiger charge is -2.12. The van der Waals surface area contributed by atoms with Crippen molar-refractivity contribution in [3.8, 4) is 5.75 Å². The van der Waals surface area contributed by atoms with Crippen LogP contribution in [0.15, 0.2) is 65.0 Å². The van der Waals surface area contributed by atoms with Crippen LogP contribution in [0.3, 0.4) is 0 Å². The van der Waals surface area contributed by atoms with E-state index in [2.05, 4.69) is 11.6 Å². The Morgan fingerprint density at radius 1 is 1.23 bits per heavy atom. The Balaban J connectivity index is 1.98. The number of phenols is 1. The molecule has 0 spiro atoms. The standard InChI is InChI=1S/C19H14Cl2N2O2S/c1-2-8-23-18(25)17(9-12-6-7-13(20)10-16(12)21)26-19(23)22-14-4-3-5-15(24)11-14/h2-7,9-11,24H,1,8H2/b17-9-,22-19?. The maximum absolute atomic E-state index is 12.7. The van der Waals surface area contributed by atoms with Crippen molar-refractivity contribution >= 4 is 57.8 Å². The smallest absolute Gasteiger partial charge is 0.267 e. The van der Waals surface area contributed by atoms with Gasteiger partial charge in [0.15, 0.2) is 5.17 Å². The van der Waals surface area contributed by atoms with Crippen LogP contribution in [0.25, 0.3) is 6.08 Å². The van der Waals surface area contributed by atoms with Crippen molar-refractivity contribution in [1.82, 2.24) is 4.90 Å². The van der Waals surface area contributed by atoms with E-state index < -0.39 is 0 Å². The number of rotatable bonds is 4. The fourth-order valence-corrected chi connectivity index (χ4v) is 3.78. The number of carbonyl (C=O) groups is 1. The van der Waals surface area contributed by atoms with Gasteiger partial charge in [-0.05, 0) is 47.7 Å². The summed E-state index contributed by atoms with van der Waals surface area (Å²) in [5.74, 6) is -0.0695. The van der Waals surface area contributed by atoms with Crippen molar-refractivity contribution in [1.29, 1.82) is 0 Å². The van der Waals surface area contributed by atoms with E-state index >= 15 is 0 Å². The van der Waals surface area contributed by atoms with Gasteiger partial charge in [-0.3, -0.25) is 9.69 Å². The van der Waals surface area contributed by atoms with Crippen molar-refractivity contribution in [2.24, 2.45) is 4.99 Å². The van der Waals surface area contributed by atoms with Gasteiger partial charge in [-0.25, -0.2) is 4.99 Å². The van der Waals surface area contributed by atoms with Crippen LogP contribution in [0.5, 0.6) is 5.75 Å². The zero-order chi connectivity index (χ0) is 18.7. The van der Waals surface area contributed by atoms with Gasteiger partial charge in [0, 0.05) is 22.7 Å². The first kappa shape index (κ1) is 18.6. The van der Waals surface area contributed by atoms with E-state index in [1.165, 1.54) is 22.7 Å². The molecular formula is C19H14Cl2N2O2S. The number of hydrogen-bond donors (Lipinski definition) is 1. The molecule has 0 unspecified atom stereocenters. The predicted octanol–water partition coefficient (Wildman–Crippen LogP) is 5.49. The van der Waals surface area contributed by atoms with Crippen LogP contribution in [-0.4, -0.2) is 27.6 Å². The lowest BCUT2D eigenvalue weighted by Crippen LogP contribution is -2.29. The van der Waals surface area contributed by atoms with Crippen molar-refractivity contribution in [2.75, 3.05) is 6.54 Å². The Morgan fingerprint density at radius 3 is 2.73 bits per heavy atom. The number of aliphatic imine (C=N–C) groups is 1. The molecule has 7 heteroatoms. The number of halogens is 2. The number of aromatic hydroxyl groups is 1. The summed E-state index contributed by atoms with van der Waals surface area (Å²) in [5.41, 5.74) is 1.25. The molecule has 2 aromatic rings. The minimum absolute atomic E-state index is 0.111. The molecule has 0 aromatic heterocycles. The van der Waals surface area contributed by atoms with Crippen molar-refractivity contribution in [3.05, 3.63) is 75.6 Å². The molecule has 0 aliphatic carbocycles. The third-order valence-corrected chi connectivity index (χ3v) is 5.07. The van der Waals surface area contributed by atoms with Crippen molar-refractivity contribution < 1.29 is 9.90 Å². The second-order valence-electron chi connectivity index (χ2n) is 5.40. The number of hydrogen-bond acceptors (Lipinski definition) is 4. The molecule has 1 fully saturated rings. The van der Waals surface area contributed by atoms with Crippen LogP contribution in [0, 0.1) is 0 Å². The summed E-state index contributed by atoms with van der Waals surface area (Å²) in [6, 6.07) is 11.6. The van der Waals surface area contributed by atoms with Crippen LogP contribution in [0.1, 0.15) is 5.56 Å². The van der Waals surface area contributed by atoms with Gasteiger partial charge in [0.2, 0.25) is 0 Å². The molecule has 1 aliphatic heterocycles. The zero-order valence-electron chi connectivity index (χ0n) is 13.5. The minimum Gasteiger partial charge on any atom is -0.508 e. The normalized spacial score (nSPS) is 17.3. The van der Waals surface area contributed by atoms with E-state index in [4.69, 9.17) is 23.2 Å². The highest BCUT2D eigenvalue weighted by Gasteiger charge is 2.32. The molecule has 3 rings (SSSR count). The monoisotopic (exact) mass is 404 g/mol. The third-order valence-electron chi connectivity index (χ3n) is 3.50. The second-order valence-corrected chi connectivity index (χ2v) is 7.25. The van der Waals surface area contributed by atoms with E-state index in [0.717, 1.165) is 0 Å². The highest BCUT2D eigenvalue weighted by atomic mass is 35.5. The molecule has 1 amide bonds. The van der Waals surface area contributed by atoms with E-state index in [1.54, 1.807) is 48.6 Å². The minimum atomic E-state index is -0.181. The number of thioether (sulfide) groups is 1. The van der Waals surface area contributed by atoms with Gasteiger partial charge in [-0.15, -0.1) is 6.58 Å². The van der Waals surface area contributed by atoms with Gasteiger partial charge in [-0.2, -0.15) is 0 Å². The van der Waals surface area contributed by atoms with E-state index in [0.29, 0.717) is 37.9 Å². The maximum atomic E-state index is 12.7. The Hall–Kier alpha value is -2.21. The molecule has 0 atom stereocenters. The van der Waals surface area contributed by atoms with Gasteiger partial charge in [0.05, 0.1) is 10.6 Å². The Kier molecular flexibility index (Phi) is 5.71. The lowest BCUT2D eigenvalue weighted by atomic mass is 10.2. The topological polar surface area (TPSA) is 52.9 Å². The molecule has 4 nitrogen and oxygen atoms in total. The molecule has 1 aliphatic rings. The molecule has 132 valence electrons. The average Bonchev–Trinajstić information content (AvgIpc) is 2.87. The van der Waals surface area contributed by atoms with Crippen LogP contribution in [-0.2, 0) is 4.79 Å². The van der Waals surface area contributed by atoms with Crippen LogP contribution < -0.4 is 0 Å². The number of nitrogens with zero attached hydrogens (tertiary/aromatic N) is 2. The first-order valence-corrected chi connectivity index (χ1v) is 9.20. The number of benzene rings is 2. The van der Waals surface area contributed by atoms with Gasteiger partial charge >= 0.3 is 0 Å². The van der Waals surface area contributed by atoms with Crippen molar-refractivity contribution in [3.63, 3.8) is 0 Å². The van der Waals surface area contributed by atoms with E-state index in [1.807, 2.05) is 0 Å². The summed E-state index contributed by atoms with van der Waals surface area (Å²) in [6.45, 7) is 4.02. The lowest BCUT2D eigenvalue weighted by molar-refractivity contribution is -0.121. The number of amides is 1. The zero-order valence-corrected chi connectivity index (χ0v) is 15.9. The average molecular weight is 405 g/mol. The van der Waals surface area contributed by atoms with Gasteiger partial charge in [0.1, 0.15) is 5.75 Å². The van der Waals surface area contributed by atoms with Gasteiger partial charge in [0.25, 0.3) is 5.91 Å².